The Morgan fingerprint density at radius 3 is 1.45 bits per heavy atom. The van der Waals surface area contributed by atoms with Crippen molar-refractivity contribution in [3.05, 3.63) is 115 Å². The Labute approximate surface area is 171 Å². The quantitative estimate of drug-likeness (QED) is 0.367. The molecule has 4 heteroatoms. The fourth-order valence-corrected chi connectivity index (χ4v) is 2.99. The summed E-state index contributed by atoms with van der Waals surface area (Å²) in [5.41, 5.74) is 5.58. The van der Waals surface area contributed by atoms with E-state index < -0.39 is 0 Å². The van der Waals surface area contributed by atoms with Crippen LogP contribution in [0.5, 0.6) is 0 Å². The molecule has 0 atom stereocenters. The lowest BCUT2D eigenvalue weighted by atomic mass is 10.1. The maximum absolute atomic E-state index is 8.91. The van der Waals surface area contributed by atoms with Crippen LogP contribution in [-0.4, -0.2) is 0 Å². The molecule has 0 radical (unpaired) electrons. The average molecular weight is 376 g/mol. The van der Waals surface area contributed by atoms with Crippen LogP contribution in [0.1, 0.15) is 13.0 Å². The summed E-state index contributed by atoms with van der Waals surface area (Å²) in [6.07, 6.45) is 8.06. The van der Waals surface area contributed by atoms with Gasteiger partial charge in [0.25, 0.3) is 0 Å². The van der Waals surface area contributed by atoms with Gasteiger partial charge in [-0.15, -0.1) is 0 Å². The molecule has 0 saturated carbocycles. The Bertz CT molecular complexity index is 1080. The SMILES string of the molecule is C.[C-]#[N+]c1ccc(-[n+]2ccc(-c3cc[n+](-c4ccc(C#N)cc4)cc3)cc2)cc1. The summed E-state index contributed by atoms with van der Waals surface area (Å²) < 4.78 is 4.05. The maximum atomic E-state index is 8.91. The highest BCUT2D eigenvalue weighted by molar-refractivity contribution is 5.61. The molecule has 0 amide bonds. The number of hydrogen-bond acceptors (Lipinski definition) is 1. The molecule has 4 rings (SSSR count). The van der Waals surface area contributed by atoms with E-state index in [-0.39, 0.29) is 7.43 Å². The lowest BCUT2D eigenvalue weighted by molar-refractivity contribution is -0.596. The molecule has 0 spiro atoms. The molecule has 0 aliphatic rings. The molecule has 0 saturated heterocycles. The van der Waals surface area contributed by atoms with Gasteiger partial charge in [0.05, 0.1) is 18.2 Å². The lowest BCUT2D eigenvalue weighted by Crippen LogP contribution is -2.29. The summed E-state index contributed by atoms with van der Waals surface area (Å²) >= 11 is 0. The van der Waals surface area contributed by atoms with Gasteiger partial charge in [-0.3, -0.25) is 0 Å². The summed E-state index contributed by atoms with van der Waals surface area (Å²) in [7, 11) is 0. The van der Waals surface area contributed by atoms with Gasteiger partial charge < -0.3 is 0 Å². The molecule has 0 fully saturated rings. The first-order valence-electron chi connectivity index (χ1n) is 8.78. The van der Waals surface area contributed by atoms with E-state index in [2.05, 4.69) is 35.2 Å². The highest BCUT2D eigenvalue weighted by Crippen LogP contribution is 2.17. The van der Waals surface area contributed by atoms with E-state index in [4.69, 9.17) is 11.8 Å². The fourth-order valence-electron chi connectivity index (χ4n) is 2.99. The molecular formula is C25H20N4+2. The van der Waals surface area contributed by atoms with Crippen molar-refractivity contribution in [2.24, 2.45) is 0 Å². The molecular weight excluding hydrogens is 356 g/mol. The van der Waals surface area contributed by atoms with Crippen molar-refractivity contribution < 1.29 is 9.13 Å². The first-order valence-corrected chi connectivity index (χ1v) is 8.78. The minimum Gasteiger partial charge on any atom is -0.238 e. The topological polar surface area (TPSA) is 35.9 Å². The standard InChI is InChI=1S/C24H16N4.CH4/c1-26-22-4-8-24(9-5-22)28-16-12-21(13-17-28)20-10-14-27(15-11-20)23-6-2-19(18-25)3-7-23;/h2-17H;1H4/q+2;. The van der Waals surface area contributed by atoms with Crippen molar-refractivity contribution >= 4 is 5.69 Å². The largest absolute Gasteiger partial charge is 0.238 e. The Morgan fingerprint density at radius 1 is 0.655 bits per heavy atom. The predicted octanol–water partition coefficient (Wildman–Crippen LogP) is 4.97. The van der Waals surface area contributed by atoms with E-state index in [1.165, 1.54) is 0 Å². The van der Waals surface area contributed by atoms with Crippen LogP contribution in [0.2, 0.25) is 0 Å². The Balaban J connectivity index is 0.00000240. The molecule has 2 heterocycles. The van der Waals surface area contributed by atoms with Crippen molar-refractivity contribution in [2.45, 2.75) is 7.43 Å². The Hall–Kier alpha value is -4.28. The van der Waals surface area contributed by atoms with E-state index in [0.29, 0.717) is 11.3 Å². The van der Waals surface area contributed by atoms with Gasteiger partial charge in [0, 0.05) is 36.4 Å². The molecule has 0 unspecified atom stereocenters. The number of rotatable bonds is 3. The number of pyridine rings is 2. The van der Waals surface area contributed by atoms with Crippen molar-refractivity contribution in [1.82, 2.24) is 0 Å². The molecule has 4 aromatic rings. The number of hydrogen-bond donors (Lipinski definition) is 0. The molecule has 0 aliphatic heterocycles. The number of nitriles is 1. The van der Waals surface area contributed by atoms with Gasteiger partial charge in [-0.2, -0.15) is 14.4 Å². The second kappa shape index (κ2) is 8.61. The molecule has 29 heavy (non-hydrogen) atoms. The van der Waals surface area contributed by atoms with Gasteiger partial charge in [0.2, 0.25) is 11.4 Å². The van der Waals surface area contributed by atoms with Gasteiger partial charge in [-0.05, 0) is 47.5 Å². The first kappa shape index (κ1) is 19.5. The summed E-state index contributed by atoms with van der Waals surface area (Å²) in [4.78, 5) is 3.42. The zero-order valence-corrected chi connectivity index (χ0v) is 15.0. The average Bonchev–Trinajstić information content (AvgIpc) is 2.79. The molecule has 138 valence electrons. The zero-order chi connectivity index (χ0) is 19.3. The second-order valence-corrected chi connectivity index (χ2v) is 6.28. The maximum Gasteiger partial charge on any atom is 0.210 e. The van der Waals surface area contributed by atoms with Crippen LogP contribution < -0.4 is 9.13 Å². The van der Waals surface area contributed by atoms with Crippen molar-refractivity contribution in [1.29, 1.82) is 5.26 Å². The van der Waals surface area contributed by atoms with Crippen molar-refractivity contribution in [2.75, 3.05) is 0 Å². The van der Waals surface area contributed by atoms with E-state index in [1.807, 2.05) is 82.5 Å². The third-order valence-corrected chi connectivity index (χ3v) is 4.56. The van der Waals surface area contributed by atoms with E-state index in [1.54, 1.807) is 0 Å². The summed E-state index contributed by atoms with van der Waals surface area (Å²) in [6, 6.07) is 25.4. The van der Waals surface area contributed by atoms with Crippen LogP contribution in [0.3, 0.4) is 0 Å². The predicted molar refractivity (Wildman–Crippen MR) is 113 cm³/mol. The third kappa shape index (κ3) is 4.18. The minimum absolute atomic E-state index is 0. The van der Waals surface area contributed by atoms with Crippen LogP contribution in [0.4, 0.5) is 5.69 Å². The third-order valence-electron chi connectivity index (χ3n) is 4.56. The molecule has 0 bridgehead atoms. The summed E-state index contributed by atoms with van der Waals surface area (Å²) in [6.45, 7) is 7.03. The van der Waals surface area contributed by atoms with Crippen LogP contribution in [-0.2, 0) is 0 Å². The number of nitrogens with zero attached hydrogens (tertiary/aromatic N) is 4. The normalized spacial score (nSPS) is 9.72. The van der Waals surface area contributed by atoms with Gasteiger partial charge in [0.15, 0.2) is 30.5 Å². The Kier molecular flexibility index (Phi) is 5.78. The number of benzene rings is 2. The van der Waals surface area contributed by atoms with Crippen LogP contribution in [0.15, 0.2) is 97.6 Å². The molecule has 2 aromatic carbocycles. The smallest absolute Gasteiger partial charge is 0.210 e. The Morgan fingerprint density at radius 2 is 1.07 bits per heavy atom. The monoisotopic (exact) mass is 376 g/mol. The van der Waals surface area contributed by atoms with E-state index >= 15 is 0 Å². The first-order chi connectivity index (χ1) is 13.8. The van der Waals surface area contributed by atoms with Gasteiger partial charge in [-0.25, -0.2) is 4.85 Å². The van der Waals surface area contributed by atoms with Crippen LogP contribution >= 0.6 is 0 Å². The molecule has 2 aromatic heterocycles. The highest BCUT2D eigenvalue weighted by Gasteiger charge is 2.09. The van der Waals surface area contributed by atoms with Crippen LogP contribution in [0, 0.1) is 17.9 Å². The van der Waals surface area contributed by atoms with Crippen LogP contribution in [0.25, 0.3) is 27.3 Å². The number of aromatic nitrogens is 2. The van der Waals surface area contributed by atoms with Gasteiger partial charge in [-0.1, -0.05) is 7.43 Å². The lowest BCUT2D eigenvalue weighted by Gasteiger charge is -2.01. The second-order valence-electron chi connectivity index (χ2n) is 6.28. The molecule has 4 nitrogen and oxygen atoms in total. The molecule has 0 N–H and O–H groups in total. The molecule has 0 aliphatic carbocycles. The van der Waals surface area contributed by atoms with E-state index in [0.717, 1.165) is 22.5 Å². The van der Waals surface area contributed by atoms with E-state index in [9.17, 15) is 0 Å². The highest BCUT2D eigenvalue weighted by atomic mass is 14.9. The summed E-state index contributed by atoms with van der Waals surface area (Å²) in [5, 5.41) is 8.91. The summed E-state index contributed by atoms with van der Waals surface area (Å²) in [5.74, 6) is 0. The zero-order valence-electron chi connectivity index (χ0n) is 15.0. The van der Waals surface area contributed by atoms with Crippen molar-refractivity contribution in [3.63, 3.8) is 0 Å². The van der Waals surface area contributed by atoms with Crippen molar-refractivity contribution in [3.8, 4) is 28.6 Å². The van der Waals surface area contributed by atoms with Gasteiger partial charge >= 0.3 is 0 Å². The fraction of sp³-hybridized carbons (Fsp3) is 0.0400. The minimum atomic E-state index is 0. The van der Waals surface area contributed by atoms with Gasteiger partial charge in [0.1, 0.15) is 0 Å².